The number of anilines is 2. The number of ether oxygens (including phenoxy) is 1. The van der Waals surface area contributed by atoms with Gasteiger partial charge in [-0.2, -0.15) is 4.98 Å². The van der Waals surface area contributed by atoms with Gasteiger partial charge in [0.05, 0.1) is 12.6 Å². The van der Waals surface area contributed by atoms with Crippen LogP contribution in [0.15, 0.2) is 24.3 Å². The summed E-state index contributed by atoms with van der Waals surface area (Å²) in [5.74, 6) is 1.03. The molecule has 1 atom stereocenters. The van der Waals surface area contributed by atoms with Crippen molar-refractivity contribution in [1.29, 1.82) is 0 Å². The summed E-state index contributed by atoms with van der Waals surface area (Å²) < 4.78 is 5.85. The molecule has 1 amide bonds. The minimum absolute atomic E-state index is 0.00415. The number of rotatable bonds is 4. The average Bonchev–Trinajstić information content (AvgIpc) is 2.87. The van der Waals surface area contributed by atoms with E-state index in [-0.39, 0.29) is 17.9 Å². The maximum Gasteiger partial charge on any atom is 0.251 e. The van der Waals surface area contributed by atoms with E-state index in [0.29, 0.717) is 25.3 Å². The molecule has 1 aliphatic rings. The lowest BCUT2D eigenvalue weighted by Crippen LogP contribution is -2.32. The zero-order chi connectivity index (χ0) is 19.4. The Hall–Kier alpha value is -2.67. The largest absolute Gasteiger partial charge is 0.379 e. The number of amides is 1. The first-order chi connectivity index (χ1) is 13.0. The molecule has 0 aliphatic carbocycles. The highest BCUT2D eigenvalue weighted by atomic mass is 16.5. The first kappa shape index (κ1) is 19.1. The Labute approximate surface area is 159 Å². The predicted octanol–water partition coefficient (Wildman–Crippen LogP) is 2.39. The first-order valence-corrected chi connectivity index (χ1v) is 9.34. The van der Waals surface area contributed by atoms with Crippen LogP contribution in [0.4, 0.5) is 11.8 Å². The fraction of sp³-hybridized carbons (Fsp3) is 0.450. The Morgan fingerprint density at radius 1 is 1.33 bits per heavy atom. The predicted molar refractivity (Wildman–Crippen MR) is 106 cm³/mol. The molecule has 27 heavy (non-hydrogen) atoms. The van der Waals surface area contributed by atoms with Crippen molar-refractivity contribution in [2.75, 3.05) is 36.9 Å². The molecular formula is C20H27N5O2. The van der Waals surface area contributed by atoms with Gasteiger partial charge in [-0.05, 0) is 50.5 Å². The summed E-state index contributed by atoms with van der Waals surface area (Å²) in [6.45, 7) is 8.55. The van der Waals surface area contributed by atoms with Gasteiger partial charge in [-0.15, -0.1) is 0 Å². The molecule has 7 nitrogen and oxygen atoms in total. The topological polar surface area (TPSA) is 93.4 Å². The second kappa shape index (κ2) is 8.35. The molecular weight excluding hydrogens is 342 g/mol. The number of hydrogen-bond donors (Lipinski definition) is 2. The van der Waals surface area contributed by atoms with Crippen LogP contribution in [0.1, 0.15) is 46.6 Å². The van der Waals surface area contributed by atoms with Crippen LogP contribution < -0.4 is 16.0 Å². The van der Waals surface area contributed by atoms with Gasteiger partial charge in [-0.25, -0.2) is 4.98 Å². The summed E-state index contributed by atoms with van der Waals surface area (Å²) in [4.78, 5) is 23.0. The van der Waals surface area contributed by atoms with E-state index in [1.54, 1.807) is 0 Å². The second-order valence-corrected chi connectivity index (χ2v) is 6.79. The Bertz CT molecular complexity index is 804. The number of aryl methyl sites for hydroxylation is 2. The van der Waals surface area contributed by atoms with E-state index in [2.05, 4.69) is 20.2 Å². The monoisotopic (exact) mass is 369 g/mol. The molecule has 1 aromatic heterocycles. The Morgan fingerprint density at radius 2 is 2.15 bits per heavy atom. The number of carbonyl (C=O) groups excluding carboxylic acids is 1. The molecule has 0 spiro atoms. The SMILES string of the molecule is CCNC(=O)c1ccc(C2COCCCN2c2cc(C)nc(N)n2)c(C)c1. The highest BCUT2D eigenvalue weighted by Crippen LogP contribution is 2.31. The van der Waals surface area contributed by atoms with E-state index in [9.17, 15) is 4.79 Å². The number of aromatic nitrogens is 2. The van der Waals surface area contributed by atoms with Crippen molar-refractivity contribution < 1.29 is 9.53 Å². The maximum absolute atomic E-state index is 12.1. The van der Waals surface area contributed by atoms with E-state index >= 15 is 0 Å². The summed E-state index contributed by atoms with van der Waals surface area (Å²) >= 11 is 0. The number of nitrogens with zero attached hydrogens (tertiary/aromatic N) is 3. The van der Waals surface area contributed by atoms with E-state index in [1.165, 1.54) is 0 Å². The summed E-state index contributed by atoms with van der Waals surface area (Å²) in [5.41, 5.74) is 9.56. The van der Waals surface area contributed by atoms with Crippen LogP contribution in [-0.2, 0) is 4.74 Å². The number of nitrogens with two attached hydrogens (primary N) is 1. The number of nitrogens with one attached hydrogen (secondary N) is 1. The van der Waals surface area contributed by atoms with E-state index in [4.69, 9.17) is 10.5 Å². The first-order valence-electron chi connectivity index (χ1n) is 9.34. The third kappa shape index (κ3) is 4.36. The Morgan fingerprint density at radius 3 is 2.85 bits per heavy atom. The van der Waals surface area contributed by atoms with Crippen LogP contribution in [0.3, 0.4) is 0 Å². The van der Waals surface area contributed by atoms with Gasteiger partial charge in [0.15, 0.2) is 0 Å². The van der Waals surface area contributed by atoms with E-state index in [1.807, 2.05) is 45.0 Å². The van der Waals surface area contributed by atoms with E-state index in [0.717, 1.165) is 35.6 Å². The van der Waals surface area contributed by atoms with Crippen LogP contribution in [0, 0.1) is 13.8 Å². The van der Waals surface area contributed by atoms with Gasteiger partial charge >= 0.3 is 0 Å². The second-order valence-electron chi connectivity index (χ2n) is 6.79. The van der Waals surface area contributed by atoms with Crippen LogP contribution in [0.5, 0.6) is 0 Å². The van der Waals surface area contributed by atoms with Crippen molar-refractivity contribution in [3.8, 4) is 0 Å². The Balaban J connectivity index is 1.97. The lowest BCUT2D eigenvalue weighted by Gasteiger charge is -2.32. The van der Waals surface area contributed by atoms with E-state index < -0.39 is 0 Å². The molecule has 1 aromatic carbocycles. The zero-order valence-electron chi connectivity index (χ0n) is 16.2. The van der Waals surface area contributed by atoms with Crippen molar-refractivity contribution >= 4 is 17.7 Å². The van der Waals surface area contributed by atoms with Gasteiger partial charge in [-0.1, -0.05) is 6.07 Å². The molecule has 1 fully saturated rings. The number of nitrogen functional groups attached to an aromatic ring is 1. The molecule has 0 radical (unpaired) electrons. The zero-order valence-corrected chi connectivity index (χ0v) is 16.2. The third-order valence-electron chi connectivity index (χ3n) is 4.72. The summed E-state index contributed by atoms with van der Waals surface area (Å²) in [6.07, 6.45) is 0.912. The lowest BCUT2D eigenvalue weighted by molar-refractivity contribution is 0.0955. The van der Waals surface area contributed by atoms with Crippen molar-refractivity contribution in [2.45, 2.75) is 33.2 Å². The number of carbonyl (C=O) groups is 1. The summed E-state index contributed by atoms with van der Waals surface area (Å²) in [5, 5.41) is 2.84. The molecule has 0 saturated carbocycles. The smallest absolute Gasteiger partial charge is 0.251 e. The summed E-state index contributed by atoms with van der Waals surface area (Å²) in [7, 11) is 0. The minimum atomic E-state index is -0.0553. The van der Waals surface area contributed by atoms with Gasteiger partial charge < -0.3 is 20.7 Å². The molecule has 0 bridgehead atoms. The van der Waals surface area contributed by atoms with Crippen LogP contribution in [-0.4, -0.2) is 42.2 Å². The number of hydrogen-bond acceptors (Lipinski definition) is 6. The fourth-order valence-corrected chi connectivity index (χ4v) is 3.48. The van der Waals surface area contributed by atoms with Crippen LogP contribution in [0.25, 0.3) is 0 Å². The molecule has 2 aromatic rings. The van der Waals surface area contributed by atoms with Gasteiger partial charge in [0.1, 0.15) is 5.82 Å². The van der Waals surface area contributed by atoms with Crippen molar-refractivity contribution in [2.24, 2.45) is 0 Å². The standard InChI is InChI=1S/C20H27N5O2/c1-4-22-19(26)15-6-7-16(13(2)10-15)17-12-27-9-5-8-25(17)18-11-14(3)23-20(21)24-18/h6-7,10-11,17H,4-5,8-9,12H2,1-3H3,(H,22,26)(H2,21,23,24). The maximum atomic E-state index is 12.1. The Kier molecular flexibility index (Phi) is 5.91. The van der Waals surface area contributed by atoms with Gasteiger partial charge in [-0.3, -0.25) is 4.79 Å². The quantitative estimate of drug-likeness (QED) is 0.860. The lowest BCUT2D eigenvalue weighted by atomic mass is 9.97. The average molecular weight is 369 g/mol. The fourth-order valence-electron chi connectivity index (χ4n) is 3.48. The molecule has 3 rings (SSSR count). The highest BCUT2D eigenvalue weighted by Gasteiger charge is 2.26. The highest BCUT2D eigenvalue weighted by molar-refractivity contribution is 5.94. The molecule has 3 N–H and O–H groups in total. The van der Waals surface area contributed by atoms with Gasteiger partial charge in [0.2, 0.25) is 5.95 Å². The normalized spacial score (nSPS) is 17.4. The van der Waals surface area contributed by atoms with Crippen LogP contribution >= 0.6 is 0 Å². The van der Waals surface area contributed by atoms with Crippen molar-refractivity contribution in [1.82, 2.24) is 15.3 Å². The van der Waals surface area contributed by atoms with Crippen LogP contribution in [0.2, 0.25) is 0 Å². The molecule has 2 heterocycles. The van der Waals surface area contributed by atoms with Crippen molar-refractivity contribution in [3.63, 3.8) is 0 Å². The van der Waals surface area contributed by atoms with Gasteiger partial charge in [0.25, 0.3) is 5.91 Å². The minimum Gasteiger partial charge on any atom is -0.379 e. The molecule has 1 aliphatic heterocycles. The molecule has 1 unspecified atom stereocenters. The molecule has 1 saturated heterocycles. The van der Waals surface area contributed by atoms with Crippen molar-refractivity contribution in [3.05, 3.63) is 46.6 Å². The molecule has 144 valence electrons. The molecule has 7 heteroatoms. The summed E-state index contributed by atoms with van der Waals surface area (Å²) in [6, 6.07) is 7.78. The third-order valence-corrected chi connectivity index (χ3v) is 4.72. The number of benzene rings is 1. The van der Waals surface area contributed by atoms with Gasteiger partial charge in [0, 0.05) is 37.0 Å².